The van der Waals surface area contributed by atoms with Crippen LogP contribution in [0.5, 0.6) is 0 Å². The van der Waals surface area contributed by atoms with Gasteiger partial charge in [0.25, 0.3) is 5.91 Å². The van der Waals surface area contributed by atoms with Crippen LogP contribution >= 0.6 is 0 Å². The first kappa shape index (κ1) is 23.6. The number of primary amides is 1. The minimum atomic E-state index is -0.508. The van der Waals surface area contributed by atoms with Crippen LogP contribution in [0.2, 0.25) is 0 Å². The summed E-state index contributed by atoms with van der Waals surface area (Å²) < 4.78 is 1.93. The molecular formula is C28H30N6O2. The van der Waals surface area contributed by atoms with Crippen LogP contribution < -0.4 is 22.5 Å². The summed E-state index contributed by atoms with van der Waals surface area (Å²) in [5.74, 6) is -0.714. The number of hydrogen-bond donors (Lipinski definition) is 5. The first-order chi connectivity index (χ1) is 17.3. The summed E-state index contributed by atoms with van der Waals surface area (Å²) in [4.78, 5) is 25.6. The zero-order chi connectivity index (χ0) is 25.4. The fourth-order valence-electron chi connectivity index (χ4n) is 5.14. The largest absolute Gasteiger partial charge is 0.384 e. The first-order valence-electron chi connectivity index (χ1n) is 12.2. The van der Waals surface area contributed by atoms with Crippen LogP contribution in [0.4, 0.5) is 0 Å². The van der Waals surface area contributed by atoms with Crippen LogP contribution in [0.15, 0.2) is 60.7 Å². The van der Waals surface area contributed by atoms with E-state index in [0.717, 1.165) is 52.9 Å². The Kier molecular flexibility index (Phi) is 6.20. The van der Waals surface area contributed by atoms with Gasteiger partial charge < -0.3 is 27.1 Å². The maximum atomic E-state index is 13.5. The van der Waals surface area contributed by atoms with Crippen LogP contribution in [0, 0.1) is 5.41 Å². The summed E-state index contributed by atoms with van der Waals surface area (Å²) in [6.45, 7) is 0.338. The average molecular weight is 483 g/mol. The standard InChI is InChI=1S/C28H30N6O2/c29-21-7-9-22(10-8-21)33-28(36)25-13-17-5-6-18(26(30)31)14-24(17)34(25)15-20-12-19(27(32)35)11-16-3-1-2-4-23(16)20/h1-6,11-14,21-22H,7-10,15,29H2,(H3,30,31)(H2,32,35)(H,33,36)/t21-,22-. The van der Waals surface area contributed by atoms with E-state index < -0.39 is 5.91 Å². The van der Waals surface area contributed by atoms with Crippen LogP contribution in [-0.4, -0.2) is 34.3 Å². The fraction of sp³-hybridized carbons (Fsp3) is 0.250. The monoisotopic (exact) mass is 482 g/mol. The van der Waals surface area contributed by atoms with E-state index in [2.05, 4.69) is 5.32 Å². The van der Waals surface area contributed by atoms with Crippen LogP contribution in [0.1, 0.15) is 57.7 Å². The Balaban J connectivity index is 1.62. The molecule has 36 heavy (non-hydrogen) atoms. The molecule has 8 heteroatoms. The molecule has 0 spiro atoms. The maximum Gasteiger partial charge on any atom is 0.268 e. The number of hydrogen-bond acceptors (Lipinski definition) is 4. The molecule has 0 aliphatic heterocycles. The number of nitrogen functional groups attached to an aromatic ring is 1. The number of benzene rings is 3. The molecule has 5 rings (SSSR count). The average Bonchev–Trinajstić information content (AvgIpc) is 3.23. The van der Waals surface area contributed by atoms with Crippen molar-refractivity contribution in [3.8, 4) is 0 Å². The first-order valence-corrected chi connectivity index (χ1v) is 12.2. The molecule has 1 heterocycles. The maximum absolute atomic E-state index is 13.5. The Hall–Kier alpha value is -4.17. The highest BCUT2D eigenvalue weighted by Crippen LogP contribution is 2.28. The van der Waals surface area contributed by atoms with E-state index in [1.165, 1.54) is 0 Å². The molecule has 1 aliphatic carbocycles. The lowest BCUT2D eigenvalue weighted by Crippen LogP contribution is -2.41. The minimum Gasteiger partial charge on any atom is -0.384 e. The predicted octanol–water partition coefficient (Wildman–Crippen LogP) is 3.23. The molecular weight excluding hydrogens is 452 g/mol. The molecule has 0 bridgehead atoms. The SMILES string of the molecule is N=C(N)c1ccc2cc(C(=O)N[C@H]3CC[C@H](N)CC3)n(Cc3cc(C(N)=O)cc4ccccc34)c2c1. The second-order valence-electron chi connectivity index (χ2n) is 9.61. The molecule has 184 valence electrons. The molecule has 1 saturated carbocycles. The number of nitrogens with one attached hydrogen (secondary N) is 2. The van der Waals surface area contributed by atoms with Gasteiger partial charge in [-0.15, -0.1) is 0 Å². The van der Waals surface area contributed by atoms with E-state index in [9.17, 15) is 9.59 Å². The highest BCUT2D eigenvalue weighted by Gasteiger charge is 2.23. The van der Waals surface area contributed by atoms with Crippen molar-refractivity contribution < 1.29 is 9.59 Å². The Labute approximate surface area is 208 Å². The molecule has 2 amide bonds. The van der Waals surface area contributed by atoms with Gasteiger partial charge in [0.05, 0.1) is 0 Å². The summed E-state index contributed by atoms with van der Waals surface area (Å²) in [5, 5.41) is 13.8. The third-order valence-corrected chi connectivity index (χ3v) is 7.12. The molecule has 4 aromatic rings. The van der Waals surface area contributed by atoms with Gasteiger partial charge in [-0.2, -0.15) is 0 Å². The second-order valence-corrected chi connectivity index (χ2v) is 9.61. The van der Waals surface area contributed by atoms with Gasteiger partial charge in [-0.05, 0) is 66.3 Å². The van der Waals surface area contributed by atoms with E-state index in [0.29, 0.717) is 23.4 Å². The molecule has 8 nitrogen and oxygen atoms in total. The van der Waals surface area contributed by atoms with E-state index in [-0.39, 0.29) is 23.8 Å². The van der Waals surface area contributed by atoms with Gasteiger partial charge in [0.15, 0.2) is 0 Å². The zero-order valence-electron chi connectivity index (χ0n) is 20.0. The van der Waals surface area contributed by atoms with Crippen LogP contribution in [0.3, 0.4) is 0 Å². The van der Waals surface area contributed by atoms with Crippen LogP contribution in [-0.2, 0) is 6.54 Å². The normalized spacial score (nSPS) is 17.8. The number of aromatic nitrogens is 1. The Morgan fingerprint density at radius 1 is 0.917 bits per heavy atom. The minimum absolute atomic E-state index is 0.0460. The van der Waals surface area contributed by atoms with E-state index in [4.69, 9.17) is 22.6 Å². The molecule has 0 atom stereocenters. The van der Waals surface area contributed by atoms with Gasteiger partial charge in [-0.25, -0.2) is 0 Å². The van der Waals surface area contributed by atoms with Crippen molar-refractivity contribution in [2.24, 2.45) is 17.2 Å². The van der Waals surface area contributed by atoms with Gasteiger partial charge in [-0.3, -0.25) is 15.0 Å². The van der Waals surface area contributed by atoms with E-state index >= 15 is 0 Å². The molecule has 0 saturated heterocycles. The fourth-order valence-corrected chi connectivity index (χ4v) is 5.14. The molecule has 3 aromatic carbocycles. The lowest BCUT2D eigenvalue weighted by atomic mass is 9.92. The third kappa shape index (κ3) is 4.55. The topological polar surface area (TPSA) is 153 Å². The predicted molar refractivity (Wildman–Crippen MR) is 142 cm³/mol. The van der Waals surface area contributed by atoms with E-state index in [1.807, 2.05) is 47.0 Å². The number of carbonyl (C=O) groups excluding carboxylic acids is 2. The van der Waals surface area contributed by atoms with Crippen molar-refractivity contribution in [2.75, 3.05) is 0 Å². The third-order valence-electron chi connectivity index (χ3n) is 7.12. The number of nitrogens with two attached hydrogens (primary N) is 3. The van der Waals surface area contributed by atoms with Gasteiger partial charge in [0, 0.05) is 40.7 Å². The summed E-state index contributed by atoms with van der Waals surface area (Å²) in [5.41, 5.74) is 20.6. The summed E-state index contributed by atoms with van der Waals surface area (Å²) in [6.07, 6.45) is 3.49. The Bertz CT molecular complexity index is 1500. The second kappa shape index (κ2) is 9.47. The number of carbonyl (C=O) groups is 2. The van der Waals surface area contributed by atoms with Gasteiger partial charge in [0.2, 0.25) is 5.91 Å². The molecule has 1 aromatic heterocycles. The highest BCUT2D eigenvalue weighted by atomic mass is 16.2. The summed E-state index contributed by atoms with van der Waals surface area (Å²) in [7, 11) is 0. The van der Waals surface area contributed by atoms with Gasteiger partial charge in [0.1, 0.15) is 11.5 Å². The molecule has 8 N–H and O–H groups in total. The number of rotatable bonds is 6. The lowest BCUT2D eigenvalue weighted by molar-refractivity contribution is 0.0916. The number of amidine groups is 1. The molecule has 0 radical (unpaired) electrons. The summed E-state index contributed by atoms with van der Waals surface area (Å²) >= 11 is 0. The van der Waals surface area contributed by atoms with Crippen molar-refractivity contribution in [1.82, 2.24) is 9.88 Å². The van der Waals surface area contributed by atoms with Crippen molar-refractivity contribution in [3.05, 3.63) is 83.0 Å². The number of fused-ring (bicyclic) bond motifs is 2. The lowest BCUT2D eigenvalue weighted by Gasteiger charge is -2.27. The molecule has 1 aliphatic rings. The van der Waals surface area contributed by atoms with Crippen LogP contribution in [0.25, 0.3) is 21.7 Å². The van der Waals surface area contributed by atoms with Crippen molar-refractivity contribution >= 4 is 39.3 Å². The Morgan fingerprint density at radius 2 is 1.67 bits per heavy atom. The van der Waals surface area contributed by atoms with Crippen molar-refractivity contribution in [2.45, 2.75) is 44.3 Å². The number of nitrogens with zero attached hydrogens (tertiary/aromatic N) is 1. The van der Waals surface area contributed by atoms with Crippen molar-refractivity contribution in [3.63, 3.8) is 0 Å². The van der Waals surface area contributed by atoms with Crippen molar-refractivity contribution in [1.29, 1.82) is 5.41 Å². The molecule has 0 unspecified atom stereocenters. The smallest absolute Gasteiger partial charge is 0.268 e. The Morgan fingerprint density at radius 3 is 2.39 bits per heavy atom. The number of amides is 2. The quantitative estimate of drug-likeness (QED) is 0.211. The van der Waals surface area contributed by atoms with E-state index in [1.54, 1.807) is 18.2 Å². The molecule has 1 fully saturated rings. The highest BCUT2D eigenvalue weighted by molar-refractivity contribution is 6.03. The zero-order valence-corrected chi connectivity index (χ0v) is 20.0. The van der Waals surface area contributed by atoms with Gasteiger partial charge >= 0.3 is 0 Å². The van der Waals surface area contributed by atoms with Gasteiger partial charge in [-0.1, -0.05) is 36.4 Å². The summed E-state index contributed by atoms with van der Waals surface area (Å²) in [6, 6.07) is 19.0.